The highest BCUT2D eigenvalue weighted by atomic mass is 35.5. The van der Waals surface area contributed by atoms with Gasteiger partial charge in [0, 0.05) is 31.7 Å². The minimum Gasteiger partial charge on any atom is -0.493 e. The lowest BCUT2D eigenvalue weighted by molar-refractivity contribution is 0.191. The Balaban J connectivity index is 0.00000364. The summed E-state index contributed by atoms with van der Waals surface area (Å²) in [6.07, 6.45) is -0.347. The molecular weight excluding hydrogens is 406 g/mol. The monoisotopic (exact) mass is 434 g/mol. The van der Waals surface area contributed by atoms with Gasteiger partial charge in [-0.3, -0.25) is 0 Å². The summed E-state index contributed by atoms with van der Waals surface area (Å²) >= 11 is 0. The lowest BCUT2D eigenvalue weighted by Crippen LogP contribution is -2.31. The van der Waals surface area contributed by atoms with Gasteiger partial charge in [0.2, 0.25) is 0 Å². The first kappa shape index (κ1) is 26.4. The number of hydrogen-bond donors (Lipinski definition) is 3. The molecule has 0 bridgehead atoms. The number of aliphatic hydroxyl groups excluding tert-OH is 1. The van der Waals surface area contributed by atoms with E-state index in [1.807, 2.05) is 18.2 Å². The molecule has 3 N–H and O–H groups in total. The zero-order valence-corrected chi connectivity index (χ0v) is 17.7. The third kappa shape index (κ3) is 9.08. The van der Waals surface area contributed by atoms with Crippen LogP contribution in [0.4, 0.5) is 4.39 Å². The van der Waals surface area contributed by atoms with Crippen LogP contribution in [0.1, 0.15) is 18.1 Å². The minimum atomic E-state index is -0.347. The Labute approximate surface area is 178 Å². The second-order valence-corrected chi connectivity index (χ2v) is 6.09. The maximum absolute atomic E-state index is 13.0. The fraction of sp³-hybridized carbons (Fsp3) is 0.400. The Bertz CT molecular complexity index is 673. The number of nitrogens with one attached hydrogen (secondary N) is 2. The number of halogens is 3. The molecule has 2 rings (SSSR count). The van der Waals surface area contributed by atoms with Crippen LogP contribution in [0.25, 0.3) is 0 Å². The Kier molecular flexibility index (Phi) is 13.6. The topological polar surface area (TPSA) is 62.8 Å². The maximum Gasteiger partial charge on any atom is 0.166 e. The second kappa shape index (κ2) is 14.4. The molecular formula is C20H29Cl2FN2O3. The second-order valence-electron chi connectivity index (χ2n) is 6.09. The van der Waals surface area contributed by atoms with Crippen molar-refractivity contribution >= 4 is 24.8 Å². The highest BCUT2D eigenvalue weighted by Crippen LogP contribution is 2.31. The summed E-state index contributed by atoms with van der Waals surface area (Å²) in [6, 6.07) is 12.0. The molecule has 0 amide bonds. The minimum absolute atomic E-state index is 0. The molecule has 2 aromatic rings. The van der Waals surface area contributed by atoms with Crippen molar-refractivity contribution in [2.24, 2.45) is 0 Å². The van der Waals surface area contributed by atoms with Crippen LogP contribution in [0.5, 0.6) is 11.5 Å². The maximum atomic E-state index is 13.0. The molecule has 0 radical (unpaired) electrons. The van der Waals surface area contributed by atoms with Crippen molar-refractivity contribution in [3.05, 3.63) is 59.4 Å². The first-order valence-electron chi connectivity index (χ1n) is 8.72. The standard InChI is InChI=1S/C20H27FN2O3.2ClH/c1-15(24)12-22-10-11-23-13-17-4-3-5-19(25-2)20(17)26-14-16-6-8-18(21)9-7-16;;/h3-9,15,22-24H,10-14H2,1-2H3;2*1H. The van der Waals surface area contributed by atoms with Gasteiger partial charge < -0.3 is 25.2 Å². The predicted molar refractivity (Wildman–Crippen MR) is 114 cm³/mol. The van der Waals surface area contributed by atoms with E-state index in [2.05, 4.69) is 10.6 Å². The molecule has 0 aromatic heterocycles. The Morgan fingerprint density at radius 2 is 1.71 bits per heavy atom. The summed E-state index contributed by atoms with van der Waals surface area (Å²) in [5.41, 5.74) is 1.88. The van der Waals surface area contributed by atoms with Crippen LogP contribution in [0.3, 0.4) is 0 Å². The van der Waals surface area contributed by atoms with Gasteiger partial charge in [-0.25, -0.2) is 4.39 Å². The van der Waals surface area contributed by atoms with Gasteiger partial charge in [-0.2, -0.15) is 0 Å². The molecule has 1 atom stereocenters. The van der Waals surface area contributed by atoms with E-state index in [9.17, 15) is 9.50 Å². The van der Waals surface area contributed by atoms with E-state index in [0.29, 0.717) is 31.2 Å². The number of para-hydroxylation sites is 1. The number of methoxy groups -OCH3 is 1. The van der Waals surface area contributed by atoms with Gasteiger partial charge in [-0.15, -0.1) is 24.8 Å². The fourth-order valence-corrected chi connectivity index (χ4v) is 2.47. The summed E-state index contributed by atoms with van der Waals surface area (Å²) in [5.74, 6) is 1.09. The van der Waals surface area contributed by atoms with E-state index in [1.165, 1.54) is 12.1 Å². The number of ether oxygens (including phenoxy) is 2. The smallest absolute Gasteiger partial charge is 0.166 e. The highest BCUT2D eigenvalue weighted by Gasteiger charge is 2.11. The molecule has 8 heteroatoms. The van der Waals surface area contributed by atoms with E-state index in [4.69, 9.17) is 9.47 Å². The quantitative estimate of drug-likeness (QED) is 0.473. The largest absolute Gasteiger partial charge is 0.493 e. The first-order valence-corrected chi connectivity index (χ1v) is 8.72. The normalized spacial score (nSPS) is 11.1. The van der Waals surface area contributed by atoms with Gasteiger partial charge in [0.25, 0.3) is 0 Å². The summed E-state index contributed by atoms with van der Waals surface area (Å²) in [4.78, 5) is 0. The average Bonchev–Trinajstić information content (AvgIpc) is 2.64. The average molecular weight is 435 g/mol. The number of rotatable bonds is 11. The van der Waals surface area contributed by atoms with Crippen molar-refractivity contribution in [3.8, 4) is 11.5 Å². The van der Waals surface area contributed by atoms with E-state index in [0.717, 1.165) is 24.2 Å². The third-order valence-electron chi connectivity index (χ3n) is 3.81. The van der Waals surface area contributed by atoms with Crippen molar-refractivity contribution in [1.29, 1.82) is 0 Å². The van der Waals surface area contributed by atoms with Crippen molar-refractivity contribution in [2.75, 3.05) is 26.7 Å². The molecule has 0 aliphatic heterocycles. The van der Waals surface area contributed by atoms with E-state index in [-0.39, 0.29) is 36.7 Å². The van der Waals surface area contributed by atoms with Crippen LogP contribution in [-0.2, 0) is 13.2 Å². The van der Waals surface area contributed by atoms with Gasteiger partial charge >= 0.3 is 0 Å². The number of hydrogen-bond acceptors (Lipinski definition) is 5. The molecule has 0 saturated heterocycles. The van der Waals surface area contributed by atoms with Crippen LogP contribution < -0.4 is 20.1 Å². The Morgan fingerprint density at radius 1 is 1.04 bits per heavy atom. The lowest BCUT2D eigenvalue weighted by Gasteiger charge is -2.16. The summed E-state index contributed by atoms with van der Waals surface area (Å²) < 4.78 is 24.4. The van der Waals surface area contributed by atoms with Crippen molar-refractivity contribution in [3.63, 3.8) is 0 Å². The van der Waals surface area contributed by atoms with Crippen LogP contribution in [-0.4, -0.2) is 38.0 Å². The van der Waals surface area contributed by atoms with Gasteiger partial charge in [0.1, 0.15) is 12.4 Å². The van der Waals surface area contributed by atoms with Gasteiger partial charge in [-0.1, -0.05) is 24.3 Å². The van der Waals surface area contributed by atoms with Gasteiger partial charge in [-0.05, 0) is 30.7 Å². The summed E-state index contributed by atoms with van der Waals surface area (Å²) in [7, 11) is 1.61. The molecule has 0 heterocycles. The molecule has 0 spiro atoms. The lowest BCUT2D eigenvalue weighted by atomic mass is 10.1. The molecule has 28 heavy (non-hydrogen) atoms. The summed E-state index contributed by atoms with van der Waals surface area (Å²) in [6.45, 7) is 4.83. The third-order valence-corrected chi connectivity index (χ3v) is 3.81. The zero-order chi connectivity index (χ0) is 18.8. The summed E-state index contributed by atoms with van der Waals surface area (Å²) in [5, 5.41) is 15.7. The predicted octanol–water partition coefficient (Wildman–Crippen LogP) is 3.32. The van der Waals surface area contributed by atoms with Crippen molar-refractivity contribution in [1.82, 2.24) is 10.6 Å². The SMILES string of the molecule is COc1cccc(CNCCNCC(C)O)c1OCc1ccc(F)cc1.Cl.Cl. The van der Waals surface area contributed by atoms with Gasteiger partial charge in [0.15, 0.2) is 11.5 Å². The van der Waals surface area contributed by atoms with Gasteiger partial charge in [0.05, 0.1) is 13.2 Å². The van der Waals surface area contributed by atoms with Crippen LogP contribution in [0, 0.1) is 5.82 Å². The van der Waals surface area contributed by atoms with Crippen LogP contribution in [0.15, 0.2) is 42.5 Å². The van der Waals surface area contributed by atoms with E-state index < -0.39 is 0 Å². The van der Waals surface area contributed by atoms with E-state index >= 15 is 0 Å². The first-order chi connectivity index (χ1) is 12.6. The molecule has 0 aliphatic carbocycles. The zero-order valence-electron chi connectivity index (χ0n) is 16.1. The molecule has 0 fully saturated rings. The fourth-order valence-electron chi connectivity index (χ4n) is 2.47. The van der Waals surface area contributed by atoms with Crippen LogP contribution >= 0.6 is 24.8 Å². The number of benzene rings is 2. The Morgan fingerprint density at radius 3 is 2.36 bits per heavy atom. The molecule has 5 nitrogen and oxygen atoms in total. The van der Waals surface area contributed by atoms with Crippen molar-refractivity contribution < 1.29 is 19.0 Å². The molecule has 2 aromatic carbocycles. The van der Waals surface area contributed by atoms with Crippen LogP contribution in [0.2, 0.25) is 0 Å². The molecule has 0 saturated carbocycles. The molecule has 1 unspecified atom stereocenters. The Hall–Kier alpha value is -1.57. The van der Waals surface area contributed by atoms with Crippen molar-refractivity contribution in [2.45, 2.75) is 26.2 Å². The van der Waals surface area contributed by atoms with E-state index in [1.54, 1.807) is 26.2 Å². The number of aliphatic hydroxyl groups is 1. The highest BCUT2D eigenvalue weighted by molar-refractivity contribution is 5.85. The molecule has 0 aliphatic rings. The molecule has 158 valence electrons.